The predicted molar refractivity (Wildman–Crippen MR) is 104 cm³/mol. The average Bonchev–Trinajstić information content (AvgIpc) is 2.59. The summed E-state index contributed by atoms with van der Waals surface area (Å²) < 4.78 is 0. The minimum Gasteiger partial charge on any atom is -0.381 e. The number of nitrogens with zero attached hydrogens (tertiary/aromatic N) is 1. The van der Waals surface area contributed by atoms with Crippen molar-refractivity contribution in [2.24, 2.45) is 0 Å². The second-order valence-electron chi connectivity index (χ2n) is 7.27. The highest BCUT2D eigenvalue weighted by atomic mass is 16.1. The molecule has 0 amide bonds. The van der Waals surface area contributed by atoms with Gasteiger partial charge in [0.05, 0.1) is 0 Å². The number of ketones is 1. The summed E-state index contributed by atoms with van der Waals surface area (Å²) in [7, 11) is 0. The third-order valence-corrected chi connectivity index (χ3v) is 5.12. The lowest BCUT2D eigenvalue weighted by atomic mass is 10.0. The van der Waals surface area contributed by atoms with E-state index in [1.54, 1.807) is 6.92 Å². The van der Waals surface area contributed by atoms with E-state index in [1.165, 1.54) is 35.2 Å². The number of hydrogen-bond acceptors (Lipinski definition) is 3. The van der Waals surface area contributed by atoms with Crippen molar-refractivity contribution in [3.8, 4) is 0 Å². The van der Waals surface area contributed by atoms with Gasteiger partial charge in [-0.25, -0.2) is 0 Å². The Morgan fingerprint density at radius 2 is 2.00 bits per heavy atom. The molecule has 3 rings (SSSR count). The van der Waals surface area contributed by atoms with Crippen molar-refractivity contribution in [3.05, 3.63) is 64.7 Å². The van der Waals surface area contributed by atoms with Crippen molar-refractivity contribution in [3.63, 3.8) is 0 Å². The van der Waals surface area contributed by atoms with Crippen LogP contribution in [-0.4, -0.2) is 29.8 Å². The van der Waals surface area contributed by atoms with E-state index < -0.39 is 0 Å². The molecule has 0 radical (unpaired) electrons. The molecule has 1 atom stereocenters. The van der Waals surface area contributed by atoms with Crippen LogP contribution in [0, 0.1) is 13.8 Å². The number of anilines is 1. The van der Waals surface area contributed by atoms with E-state index in [4.69, 9.17) is 0 Å². The number of hydrogen-bond donors (Lipinski definition) is 1. The highest BCUT2D eigenvalue weighted by Crippen LogP contribution is 2.20. The molecule has 25 heavy (non-hydrogen) atoms. The number of carbonyl (C=O) groups excluding carboxylic acids is 1. The van der Waals surface area contributed by atoms with Crippen LogP contribution in [0.25, 0.3) is 0 Å². The first-order chi connectivity index (χ1) is 12.0. The zero-order valence-electron chi connectivity index (χ0n) is 15.5. The Kier molecular flexibility index (Phi) is 5.54. The molecular weight excluding hydrogens is 308 g/mol. The normalized spacial score (nSPS) is 18.1. The highest BCUT2D eigenvalue weighted by Gasteiger charge is 2.20. The van der Waals surface area contributed by atoms with Crippen LogP contribution in [-0.2, 0) is 6.54 Å². The van der Waals surface area contributed by atoms with Crippen LogP contribution >= 0.6 is 0 Å². The Morgan fingerprint density at radius 1 is 1.16 bits per heavy atom. The van der Waals surface area contributed by atoms with Gasteiger partial charge in [-0.2, -0.15) is 0 Å². The van der Waals surface area contributed by atoms with Crippen molar-refractivity contribution in [1.29, 1.82) is 0 Å². The highest BCUT2D eigenvalue weighted by molar-refractivity contribution is 5.94. The topological polar surface area (TPSA) is 32.3 Å². The number of piperidine rings is 1. The van der Waals surface area contributed by atoms with Gasteiger partial charge in [-0.05, 0) is 75.0 Å². The molecule has 0 aromatic heterocycles. The number of benzene rings is 2. The van der Waals surface area contributed by atoms with Crippen molar-refractivity contribution in [1.82, 2.24) is 4.90 Å². The van der Waals surface area contributed by atoms with Gasteiger partial charge in [0, 0.05) is 30.4 Å². The van der Waals surface area contributed by atoms with Crippen LogP contribution in [0.2, 0.25) is 0 Å². The molecule has 2 aromatic carbocycles. The third kappa shape index (κ3) is 4.70. The van der Waals surface area contributed by atoms with E-state index in [2.05, 4.69) is 48.3 Å². The maximum absolute atomic E-state index is 11.6. The molecule has 1 fully saturated rings. The number of Topliss-reactive ketones (excluding diaryl/α,β-unsaturated/α-hetero) is 1. The Morgan fingerprint density at radius 3 is 2.76 bits per heavy atom. The zero-order chi connectivity index (χ0) is 17.8. The number of likely N-dealkylation sites (tertiary alicyclic amines) is 1. The molecule has 1 saturated heterocycles. The molecule has 1 heterocycles. The van der Waals surface area contributed by atoms with Gasteiger partial charge < -0.3 is 5.32 Å². The van der Waals surface area contributed by atoms with Crippen LogP contribution < -0.4 is 5.32 Å². The Balaban J connectivity index is 1.62. The van der Waals surface area contributed by atoms with E-state index in [9.17, 15) is 4.79 Å². The van der Waals surface area contributed by atoms with E-state index in [-0.39, 0.29) is 5.78 Å². The lowest BCUT2D eigenvalue weighted by molar-refractivity contribution is 0.101. The first-order valence-corrected chi connectivity index (χ1v) is 9.17. The first-order valence-electron chi connectivity index (χ1n) is 9.17. The fourth-order valence-electron chi connectivity index (χ4n) is 3.53. The van der Waals surface area contributed by atoms with E-state index in [0.717, 1.165) is 25.2 Å². The summed E-state index contributed by atoms with van der Waals surface area (Å²) in [5.74, 6) is 0.134. The van der Waals surface area contributed by atoms with Gasteiger partial charge in [0.15, 0.2) is 5.78 Å². The monoisotopic (exact) mass is 336 g/mol. The Hall–Kier alpha value is -2.13. The van der Waals surface area contributed by atoms with E-state index in [1.807, 2.05) is 18.2 Å². The number of carbonyl (C=O) groups is 1. The molecule has 0 bridgehead atoms. The summed E-state index contributed by atoms with van der Waals surface area (Å²) >= 11 is 0. The summed E-state index contributed by atoms with van der Waals surface area (Å²) in [5, 5.41) is 3.70. The van der Waals surface area contributed by atoms with E-state index >= 15 is 0 Å². The fourth-order valence-corrected chi connectivity index (χ4v) is 3.53. The molecule has 1 aliphatic heterocycles. The van der Waals surface area contributed by atoms with Crippen LogP contribution in [0.1, 0.15) is 46.8 Å². The van der Waals surface area contributed by atoms with Crippen molar-refractivity contribution >= 4 is 11.5 Å². The quantitative estimate of drug-likeness (QED) is 0.811. The summed E-state index contributed by atoms with van der Waals surface area (Å²) in [6.45, 7) is 9.01. The van der Waals surface area contributed by atoms with Crippen LogP contribution in [0.3, 0.4) is 0 Å². The molecule has 1 aliphatic rings. The Bertz CT molecular complexity index is 753. The van der Waals surface area contributed by atoms with Crippen molar-refractivity contribution in [2.45, 2.75) is 46.2 Å². The smallest absolute Gasteiger partial charge is 0.159 e. The molecule has 3 nitrogen and oxygen atoms in total. The second kappa shape index (κ2) is 7.83. The summed E-state index contributed by atoms with van der Waals surface area (Å²) in [5.41, 5.74) is 5.91. The summed E-state index contributed by atoms with van der Waals surface area (Å²) in [4.78, 5) is 14.1. The van der Waals surface area contributed by atoms with Gasteiger partial charge in [-0.3, -0.25) is 9.69 Å². The molecular formula is C22H28N2O. The lowest BCUT2D eigenvalue weighted by Gasteiger charge is -2.34. The summed E-state index contributed by atoms with van der Waals surface area (Å²) in [6.07, 6.45) is 2.41. The van der Waals surface area contributed by atoms with Gasteiger partial charge >= 0.3 is 0 Å². The maximum atomic E-state index is 11.6. The summed E-state index contributed by atoms with van der Waals surface area (Å²) in [6, 6.07) is 15.1. The molecule has 0 aliphatic carbocycles. The number of aryl methyl sites for hydroxylation is 2. The van der Waals surface area contributed by atoms with Crippen molar-refractivity contribution in [2.75, 3.05) is 18.4 Å². The number of nitrogens with one attached hydrogen (secondary N) is 1. The van der Waals surface area contributed by atoms with Gasteiger partial charge in [-0.15, -0.1) is 0 Å². The van der Waals surface area contributed by atoms with Crippen LogP contribution in [0.5, 0.6) is 0 Å². The van der Waals surface area contributed by atoms with Gasteiger partial charge in [0.25, 0.3) is 0 Å². The Labute approximate surface area is 151 Å². The number of rotatable bonds is 5. The minimum absolute atomic E-state index is 0.134. The molecule has 3 heteroatoms. The van der Waals surface area contributed by atoms with Gasteiger partial charge in [-0.1, -0.05) is 24.3 Å². The van der Waals surface area contributed by atoms with Gasteiger partial charge in [0.1, 0.15) is 0 Å². The predicted octanol–water partition coefficient (Wildman–Crippen LogP) is 4.58. The zero-order valence-corrected chi connectivity index (χ0v) is 15.5. The van der Waals surface area contributed by atoms with Crippen molar-refractivity contribution < 1.29 is 4.79 Å². The third-order valence-electron chi connectivity index (χ3n) is 5.12. The molecule has 0 saturated carbocycles. The van der Waals surface area contributed by atoms with E-state index in [0.29, 0.717) is 6.04 Å². The SMILES string of the molecule is CC(=O)c1cccc(CN2CCC[C@@H](Nc3ccc(C)c(C)c3)C2)c1. The van der Waals surface area contributed by atoms with Gasteiger partial charge in [0.2, 0.25) is 0 Å². The first kappa shape index (κ1) is 17.7. The molecule has 132 valence electrons. The standard InChI is InChI=1S/C22H28N2O/c1-16-9-10-21(12-17(16)2)23-22-8-5-11-24(15-22)14-19-6-4-7-20(13-19)18(3)25/h4,6-7,9-10,12-13,22-23H,5,8,11,14-15H2,1-3H3/t22-/m1/s1. The molecule has 0 unspecified atom stereocenters. The molecule has 2 aromatic rings. The van der Waals surface area contributed by atoms with Crippen LogP contribution in [0.15, 0.2) is 42.5 Å². The lowest BCUT2D eigenvalue weighted by Crippen LogP contribution is -2.41. The average molecular weight is 336 g/mol. The maximum Gasteiger partial charge on any atom is 0.159 e. The fraction of sp³-hybridized carbons (Fsp3) is 0.409. The molecule has 1 N–H and O–H groups in total. The second-order valence-corrected chi connectivity index (χ2v) is 7.27. The van der Waals surface area contributed by atoms with Crippen LogP contribution in [0.4, 0.5) is 5.69 Å². The minimum atomic E-state index is 0.134. The molecule has 0 spiro atoms. The largest absolute Gasteiger partial charge is 0.381 e.